The molecule has 2 heteroatoms. The van der Waals surface area contributed by atoms with E-state index >= 15 is 0 Å². The van der Waals surface area contributed by atoms with E-state index in [-0.39, 0.29) is 11.6 Å². The van der Waals surface area contributed by atoms with Crippen LogP contribution in [0.5, 0.6) is 0 Å². The number of aryl methyl sites for hydroxylation is 1. The third-order valence-electron chi connectivity index (χ3n) is 3.94. The zero-order valence-electron chi connectivity index (χ0n) is 10.5. The Bertz CT molecular complexity index is 432. The van der Waals surface area contributed by atoms with Crippen LogP contribution < -0.4 is 0 Å². The molecular weight excluding hydrogens is 212 g/mol. The van der Waals surface area contributed by atoms with E-state index in [2.05, 4.69) is 0 Å². The fourth-order valence-electron chi connectivity index (χ4n) is 2.67. The van der Waals surface area contributed by atoms with Crippen molar-refractivity contribution in [2.75, 3.05) is 0 Å². The first-order chi connectivity index (χ1) is 8.04. The summed E-state index contributed by atoms with van der Waals surface area (Å²) in [7, 11) is 0. The summed E-state index contributed by atoms with van der Waals surface area (Å²) in [5.74, 6) is 0.475. The quantitative estimate of drug-likeness (QED) is 0.782. The molecule has 0 spiro atoms. The van der Waals surface area contributed by atoms with E-state index in [1.165, 1.54) is 5.56 Å². The largest absolute Gasteiger partial charge is 0.300 e. The number of ketones is 2. The van der Waals surface area contributed by atoms with Crippen molar-refractivity contribution in [3.63, 3.8) is 0 Å². The van der Waals surface area contributed by atoms with Crippen LogP contribution in [0.2, 0.25) is 0 Å². The Kier molecular flexibility index (Phi) is 3.14. The maximum atomic E-state index is 12.0. The molecule has 1 aliphatic rings. The molecule has 1 aromatic carbocycles. The fourth-order valence-corrected chi connectivity index (χ4v) is 2.67. The third kappa shape index (κ3) is 2.17. The Hall–Kier alpha value is -1.44. The number of rotatable bonds is 2. The van der Waals surface area contributed by atoms with Gasteiger partial charge in [0.05, 0.1) is 5.41 Å². The number of carbonyl (C=O) groups is 2. The smallest absolute Gasteiger partial charge is 0.140 e. The maximum absolute atomic E-state index is 12.0. The molecule has 0 heterocycles. The highest BCUT2D eigenvalue weighted by Gasteiger charge is 2.40. The number of benzene rings is 1. The highest BCUT2D eigenvalue weighted by molar-refractivity contribution is 5.91. The standard InChI is InChI=1S/C15H18O2/c1-11-3-5-13(6-4-11)15(12(2)16)9-7-14(17)8-10-15/h3-6H,7-10H2,1-2H3. The molecule has 0 radical (unpaired) electrons. The van der Waals surface area contributed by atoms with Crippen LogP contribution in [0.3, 0.4) is 0 Å². The Morgan fingerprint density at radius 3 is 2.12 bits per heavy atom. The van der Waals surface area contributed by atoms with Gasteiger partial charge in [-0.05, 0) is 32.3 Å². The van der Waals surface area contributed by atoms with Crippen molar-refractivity contribution >= 4 is 11.6 Å². The summed E-state index contributed by atoms with van der Waals surface area (Å²) in [5.41, 5.74) is 1.85. The molecule has 17 heavy (non-hydrogen) atoms. The minimum atomic E-state index is -0.415. The lowest BCUT2D eigenvalue weighted by molar-refractivity contribution is -0.127. The first kappa shape index (κ1) is 12.0. The van der Waals surface area contributed by atoms with E-state index in [1.807, 2.05) is 31.2 Å². The molecule has 0 unspecified atom stereocenters. The second-order valence-electron chi connectivity index (χ2n) is 5.04. The Labute approximate surface area is 102 Å². The summed E-state index contributed by atoms with van der Waals surface area (Å²) >= 11 is 0. The van der Waals surface area contributed by atoms with Crippen LogP contribution in [-0.4, -0.2) is 11.6 Å². The van der Waals surface area contributed by atoms with Crippen molar-refractivity contribution in [1.29, 1.82) is 0 Å². The summed E-state index contributed by atoms with van der Waals surface area (Å²) in [6.45, 7) is 3.68. The predicted molar refractivity (Wildman–Crippen MR) is 67.0 cm³/mol. The molecule has 0 aromatic heterocycles. The molecule has 1 aliphatic carbocycles. The van der Waals surface area contributed by atoms with Crippen LogP contribution in [0, 0.1) is 6.92 Å². The van der Waals surface area contributed by atoms with Gasteiger partial charge in [0.25, 0.3) is 0 Å². The second kappa shape index (κ2) is 4.44. The van der Waals surface area contributed by atoms with E-state index in [9.17, 15) is 9.59 Å². The minimum Gasteiger partial charge on any atom is -0.300 e. The summed E-state index contributed by atoms with van der Waals surface area (Å²) in [4.78, 5) is 23.3. The van der Waals surface area contributed by atoms with Gasteiger partial charge in [-0.25, -0.2) is 0 Å². The summed E-state index contributed by atoms with van der Waals surface area (Å²) < 4.78 is 0. The molecule has 1 aromatic rings. The fraction of sp³-hybridized carbons (Fsp3) is 0.467. The number of carbonyl (C=O) groups excluding carboxylic acids is 2. The molecule has 2 nitrogen and oxygen atoms in total. The molecule has 0 bridgehead atoms. The van der Waals surface area contributed by atoms with E-state index in [1.54, 1.807) is 6.92 Å². The summed E-state index contributed by atoms with van der Waals surface area (Å²) in [5, 5.41) is 0. The lowest BCUT2D eigenvalue weighted by Gasteiger charge is -2.35. The van der Waals surface area contributed by atoms with Gasteiger partial charge >= 0.3 is 0 Å². The van der Waals surface area contributed by atoms with Crippen LogP contribution >= 0.6 is 0 Å². The number of hydrogen-bond donors (Lipinski definition) is 0. The second-order valence-corrected chi connectivity index (χ2v) is 5.04. The van der Waals surface area contributed by atoms with Crippen molar-refractivity contribution < 1.29 is 9.59 Å². The molecule has 0 amide bonds. The lowest BCUT2D eigenvalue weighted by Crippen LogP contribution is -2.38. The molecule has 1 saturated carbocycles. The van der Waals surface area contributed by atoms with E-state index in [0.29, 0.717) is 25.7 Å². The van der Waals surface area contributed by atoms with E-state index in [0.717, 1.165) is 5.56 Å². The van der Waals surface area contributed by atoms with Crippen LogP contribution in [-0.2, 0) is 15.0 Å². The van der Waals surface area contributed by atoms with Gasteiger partial charge in [0.1, 0.15) is 11.6 Å². The van der Waals surface area contributed by atoms with Crippen LogP contribution in [0.15, 0.2) is 24.3 Å². The van der Waals surface area contributed by atoms with Gasteiger partial charge in [-0.3, -0.25) is 9.59 Å². The van der Waals surface area contributed by atoms with Gasteiger partial charge in [0.2, 0.25) is 0 Å². The number of Topliss-reactive ketones (excluding diaryl/α,β-unsaturated/α-hetero) is 2. The average Bonchev–Trinajstić information content (AvgIpc) is 2.31. The SMILES string of the molecule is CC(=O)C1(c2ccc(C)cc2)CCC(=O)CC1. The van der Waals surface area contributed by atoms with Crippen molar-refractivity contribution in [3.05, 3.63) is 35.4 Å². The average molecular weight is 230 g/mol. The normalized spacial score (nSPS) is 19.1. The highest BCUT2D eigenvalue weighted by Crippen LogP contribution is 2.39. The summed E-state index contributed by atoms with van der Waals surface area (Å²) in [6.07, 6.45) is 2.41. The van der Waals surface area contributed by atoms with Gasteiger partial charge in [0, 0.05) is 12.8 Å². The van der Waals surface area contributed by atoms with Gasteiger partial charge in [-0.15, -0.1) is 0 Å². The van der Waals surface area contributed by atoms with Crippen LogP contribution in [0.25, 0.3) is 0 Å². The highest BCUT2D eigenvalue weighted by atomic mass is 16.1. The monoisotopic (exact) mass is 230 g/mol. The summed E-state index contributed by atoms with van der Waals surface area (Å²) in [6, 6.07) is 8.14. The predicted octanol–water partition coefficient (Wildman–Crippen LogP) is 2.96. The number of hydrogen-bond acceptors (Lipinski definition) is 2. The Morgan fingerprint density at radius 1 is 1.12 bits per heavy atom. The van der Waals surface area contributed by atoms with Crippen molar-refractivity contribution in [1.82, 2.24) is 0 Å². The van der Waals surface area contributed by atoms with Crippen molar-refractivity contribution in [2.45, 2.75) is 44.9 Å². The molecular formula is C15H18O2. The van der Waals surface area contributed by atoms with Crippen molar-refractivity contribution in [3.8, 4) is 0 Å². The van der Waals surface area contributed by atoms with Gasteiger partial charge in [0.15, 0.2) is 0 Å². The van der Waals surface area contributed by atoms with E-state index in [4.69, 9.17) is 0 Å². The van der Waals surface area contributed by atoms with Gasteiger partial charge in [-0.2, -0.15) is 0 Å². The maximum Gasteiger partial charge on any atom is 0.140 e. The lowest BCUT2D eigenvalue weighted by atomic mass is 9.67. The van der Waals surface area contributed by atoms with Crippen LogP contribution in [0.1, 0.15) is 43.7 Å². The van der Waals surface area contributed by atoms with Crippen molar-refractivity contribution in [2.24, 2.45) is 0 Å². The van der Waals surface area contributed by atoms with Gasteiger partial charge in [-0.1, -0.05) is 29.8 Å². The molecule has 0 aliphatic heterocycles. The molecule has 2 rings (SSSR count). The van der Waals surface area contributed by atoms with Crippen LogP contribution in [0.4, 0.5) is 0 Å². The molecule has 0 N–H and O–H groups in total. The van der Waals surface area contributed by atoms with Gasteiger partial charge < -0.3 is 0 Å². The molecule has 0 saturated heterocycles. The van der Waals surface area contributed by atoms with E-state index < -0.39 is 5.41 Å². The molecule has 90 valence electrons. The first-order valence-corrected chi connectivity index (χ1v) is 6.14. The molecule has 1 fully saturated rings. The topological polar surface area (TPSA) is 34.1 Å². The minimum absolute atomic E-state index is 0.189. The Balaban J connectivity index is 2.38. The third-order valence-corrected chi connectivity index (χ3v) is 3.94. The zero-order chi connectivity index (χ0) is 12.5. The molecule has 0 atom stereocenters. The zero-order valence-corrected chi connectivity index (χ0v) is 10.5. The first-order valence-electron chi connectivity index (χ1n) is 6.14. The Morgan fingerprint density at radius 2 is 1.65 bits per heavy atom.